The van der Waals surface area contributed by atoms with E-state index in [2.05, 4.69) is 24.3 Å². The average molecular weight is 381 g/mol. The Balaban J connectivity index is 1.73. The van der Waals surface area contributed by atoms with Crippen LogP contribution >= 0.6 is 11.6 Å². The number of amides is 1. The summed E-state index contributed by atoms with van der Waals surface area (Å²) >= 11 is 6.32. The van der Waals surface area contributed by atoms with E-state index in [1.54, 1.807) is 12.1 Å². The fraction of sp³-hybridized carbons (Fsp3) is 0.650. The van der Waals surface area contributed by atoms with Crippen LogP contribution in [0.25, 0.3) is 0 Å². The van der Waals surface area contributed by atoms with Gasteiger partial charge in [-0.2, -0.15) is 0 Å². The molecule has 1 amide bonds. The molecule has 144 valence electrons. The molecule has 3 rings (SSSR count). The Morgan fingerprint density at radius 1 is 1.12 bits per heavy atom. The Morgan fingerprint density at radius 3 is 2.50 bits per heavy atom. The molecule has 0 spiro atoms. The van der Waals surface area contributed by atoms with Gasteiger partial charge in [-0.25, -0.2) is 0 Å². The summed E-state index contributed by atoms with van der Waals surface area (Å²) in [6.07, 6.45) is 8.01. The molecule has 0 bridgehead atoms. The van der Waals surface area contributed by atoms with Crippen LogP contribution in [0.5, 0.6) is 11.5 Å². The molecule has 0 aromatic heterocycles. The van der Waals surface area contributed by atoms with Crippen molar-refractivity contribution in [2.24, 2.45) is 0 Å². The Hall–Kier alpha value is -1.46. The van der Waals surface area contributed by atoms with Crippen molar-refractivity contribution in [3.8, 4) is 11.5 Å². The van der Waals surface area contributed by atoms with Gasteiger partial charge in [0, 0.05) is 24.1 Å². The summed E-state index contributed by atoms with van der Waals surface area (Å²) in [5.74, 6) is 0.971. The lowest BCUT2D eigenvalue weighted by Gasteiger charge is -2.39. The fourth-order valence-electron chi connectivity index (χ4n) is 3.88. The van der Waals surface area contributed by atoms with Crippen molar-refractivity contribution in [3.05, 3.63) is 22.7 Å². The molecule has 1 aliphatic heterocycles. The first kappa shape index (κ1) is 19.3. The van der Waals surface area contributed by atoms with E-state index in [4.69, 9.17) is 21.1 Å². The minimum atomic E-state index is -0.118. The summed E-state index contributed by atoms with van der Waals surface area (Å²) in [4.78, 5) is 15.1. The number of rotatable bonds is 4. The Morgan fingerprint density at radius 2 is 1.81 bits per heavy atom. The molecule has 0 radical (unpaired) electrons. The molecule has 26 heavy (non-hydrogen) atoms. The molecule has 1 saturated carbocycles. The van der Waals surface area contributed by atoms with E-state index in [0.717, 1.165) is 19.3 Å². The van der Waals surface area contributed by atoms with E-state index < -0.39 is 0 Å². The first-order chi connectivity index (χ1) is 12.5. The standard InChI is InChI=1S/C20H29ClN2O3/c1-23(2)20(8-5-3-4-6-9-20)14-22-19(24)15-12-16(21)18-17(13-15)25-10-7-11-26-18/h12-13H,3-11,14H2,1-2H3,(H,22,24). The van der Waals surface area contributed by atoms with Crippen molar-refractivity contribution in [2.45, 2.75) is 50.5 Å². The molecule has 0 atom stereocenters. The van der Waals surface area contributed by atoms with Gasteiger partial charge in [0.15, 0.2) is 11.5 Å². The second kappa shape index (κ2) is 8.49. The largest absolute Gasteiger partial charge is 0.489 e. The van der Waals surface area contributed by atoms with Gasteiger partial charge >= 0.3 is 0 Å². The average Bonchev–Trinajstić information content (AvgIpc) is 3.01. The molecular formula is C20H29ClN2O3. The number of fused-ring (bicyclic) bond motifs is 1. The molecule has 1 aliphatic carbocycles. The van der Waals surface area contributed by atoms with Gasteiger partial charge in [0.2, 0.25) is 0 Å². The van der Waals surface area contributed by atoms with E-state index in [0.29, 0.717) is 41.8 Å². The number of nitrogens with one attached hydrogen (secondary N) is 1. The van der Waals surface area contributed by atoms with Crippen LogP contribution in [0.3, 0.4) is 0 Å². The molecule has 1 heterocycles. The first-order valence-corrected chi connectivity index (χ1v) is 9.94. The van der Waals surface area contributed by atoms with Crippen molar-refractivity contribution in [1.29, 1.82) is 0 Å². The molecule has 6 heteroatoms. The zero-order valence-electron chi connectivity index (χ0n) is 15.8. The Kier molecular flexibility index (Phi) is 6.30. The minimum Gasteiger partial charge on any atom is -0.489 e. The summed E-state index contributed by atoms with van der Waals surface area (Å²) < 4.78 is 11.3. The van der Waals surface area contributed by atoms with Crippen LogP contribution in [-0.2, 0) is 0 Å². The van der Waals surface area contributed by atoms with Crippen LogP contribution in [-0.4, -0.2) is 50.2 Å². The number of carbonyl (C=O) groups excluding carboxylic acids is 1. The van der Waals surface area contributed by atoms with E-state index >= 15 is 0 Å². The maximum atomic E-state index is 12.8. The van der Waals surface area contributed by atoms with Crippen LogP contribution in [0.2, 0.25) is 5.02 Å². The highest BCUT2D eigenvalue weighted by Gasteiger charge is 2.33. The number of halogens is 1. The highest BCUT2D eigenvalue weighted by molar-refractivity contribution is 6.32. The summed E-state index contributed by atoms with van der Waals surface area (Å²) in [5, 5.41) is 3.56. The van der Waals surface area contributed by atoms with Gasteiger partial charge in [-0.3, -0.25) is 4.79 Å². The molecular weight excluding hydrogens is 352 g/mol. The fourth-order valence-corrected chi connectivity index (χ4v) is 4.14. The maximum absolute atomic E-state index is 12.8. The first-order valence-electron chi connectivity index (χ1n) is 9.57. The van der Waals surface area contributed by atoms with Gasteiger partial charge in [0.1, 0.15) is 0 Å². The van der Waals surface area contributed by atoms with Crippen LogP contribution in [0.4, 0.5) is 0 Å². The highest BCUT2D eigenvalue weighted by Crippen LogP contribution is 2.38. The third kappa shape index (κ3) is 4.26. The van der Waals surface area contributed by atoms with Crippen molar-refractivity contribution >= 4 is 17.5 Å². The van der Waals surface area contributed by atoms with Crippen molar-refractivity contribution in [1.82, 2.24) is 10.2 Å². The van der Waals surface area contributed by atoms with Gasteiger partial charge in [-0.1, -0.05) is 37.3 Å². The summed E-state index contributed by atoms with van der Waals surface area (Å²) in [5.41, 5.74) is 0.545. The highest BCUT2D eigenvalue weighted by atomic mass is 35.5. The zero-order chi connectivity index (χ0) is 18.6. The maximum Gasteiger partial charge on any atom is 0.251 e. The molecule has 1 aromatic rings. The summed E-state index contributed by atoms with van der Waals surface area (Å²) in [6.45, 7) is 1.78. The number of ether oxygens (including phenoxy) is 2. The molecule has 1 fully saturated rings. The molecule has 1 aromatic carbocycles. The van der Waals surface area contributed by atoms with Crippen molar-refractivity contribution in [2.75, 3.05) is 33.9 Å². The van der Waals surface area contributed by atoms with E-state index in [9.17, 15) is 4.79 Å². The lowest BCUT2D eigenvalue weighted by atomic mass is 9.88. The quantitative estimate of drug-likeness (QED) is 0.805. The molecule has 0 unspecified atom stereocenters. The van der Waals surface area contributed by atoms with Crippen LogP contribution in [0.1, 0.15) is 55.3 Å². The van der Waals surface area contributed by atoms with Gasteiger partial charge in [0.25, 0.3) is 5.91 Å². The Labute approximate surface area is 161 Å². The normalized spacial score (nSPS) is 19.5. The van der Waals surface area contributed by atoms with Gasteiger partial charge in [-0.05, 0) is 39.1 Å². The SMILES string of the molecule is CN(C)C1(CNC(=O)c2cc(Cl)c3c(c2)OCCCO3)CCCCCC1. The molecule has 5 nitrogen and oxygen atoms in total. The second-order valence-electron chi connectivity index (χ2n) is 7.55. The third-order valence-electron chi connectivity index (χ3n) is 5.63. The molecule has 1 N–H and O–H groups in total. The topological polar surface area (TPSA) is 50.8 Å². The number of hydrogen-bond donors (Lipinski definition) is 1. The Bertz CT molecular complexity index is 640. The predicted octanol–water partition coefficient (Wildman–Crippen LogP) is 3.89. The lowest BCUT2D eigenvalue weighted by molar-refractivity contribution is 0.0868. The minimum absolute atomic E-state index is 0.0290. The number of hydrogen-bond acceptors (Lipinski definition) is 4. The number of benzene rings is 1. The summed E-state index contributed by atoms with van der Waals surface area (Å²) in [6, 6.07) is 3.40. The molecule has 2 aliphatic rings. The van der Waals surface area contributed by atoms with Gasteiger partial charge in [-0.15, -0.1) is 0 Å². The van der Waals surface area contributed by atoms with Gasteiger partial charge in [0.05, 0.1) is 18.2 Å². The second-order valence-corrected chi connectivity index (χ2v) is 7.96. The lowest BCUT2D eigenvalue weighted by Crippen LogP contribution is -2.52. The smallest absolute Gasteiger partial charge is 0.251 e. The van der Waals surface area contributed by atoms with Crippen LogP contribution in [0, 0.1) is 0 Å². The molecule has 0 saturated heterocycles. The van der Waals surface area contributed by atoms with Crippen LogP contribution < -0.4 is 14.8 Å². The van der Waals surface area contributed by atoms with E-state index in [1.165, 1.54) is 25.7 Å². The zero-order valence-corrected chi connectivity index (χ0v) is 16.5. The summed E-state index contributed by atoms with van der Waals surface area (Å²) in [7, 11) is 4.23. The van der Waals surface area contributed by atoms with E-state index in [-0.39, 0.29) is 11.4 Å². The van der Waals surface area contributed by atoms with Gasteiger partial charge < -0.3 is 19.7 Å². The van der Waals surface area contributed by atoms with Crippen molar-refractivity contribution < 1.29 is 14.3 Å². The number of nitrogens with zero attached hydrogens (tertiary/aromatic N) is 1. The van der Waals surface area contributed by atoms with E-state index in [1.807, 2.05) is 0 Å². The van der Waals surface area contributed by atoms with Crippen molar-refractivity contribution in [3.63, 3.8) is 0 Å². The van der Waals surface area contributed by atoms with Crippen LogP contribution in [0.15, 0.2) is 12.1 Å². The third-order valence-corrected chi connectivity index (χ3v) is 5.91. The number of likely N-dealkylation sites (N-methyl/N-ethyl adjacent to an activating group) is 1. The number of carbonyl (C=O) groups is 1. The predicted molar refractivity (Wildman–Crippen MR) is 104 cm³/mol. The monoisotopic (exact) mass is 380 g/mol.